The summed E-state index contributed by atoms with van der Waals surface area (Å²) in [5.74, 6) is -1.24. The van der Waals surface area contributed by atoms with Crippen molar-refractivity contribution in [2.24, 2.45) is 5.14 Å². The van der Waals surface area contributed by atoms with Crippen LogP contribution in [0.25, 0.3) is 0 Å². The number of carbonyl (C=O) groups is 1. The number of carboxylic acid groups (broad SMARTS) is 1. The first-order valence-electron chi connectivity index (χ1n) is 5.82. The van der Waals surface area contributed by atoms with Crippen LogP contribution in [0.3, 0.4) is 0 Å². The predicted octanol–water partition coefficient (Wildman–Crippen LogP) is 1.41. The topological polar surface area (TPSA) is 122 Å². The molecule has 0 amide bonds. The average Bonchev–Trinajstić information content (AvgIpc) is 2.80. The molecule has 9 heteroatoms. The van der Waals surface area contributed by atoms with Crippen molar-refractivity contribution in [2.45, 2.75) is 18.4 Å². The number of aromatic carboxylic acids is 1. The summed E-state index contributed by atoms with van der Waals surface area (Å²) in [6, 6.07) is 3.67. The van der Waals surface area contributed by atoms with E-state index in [0.29, 0.717) is 12.2 Å². The van der Waals surface area contributed by atoms with Crippen molar-refractivity contribution in [2.75, 3.05) is 5.32 Å². The molecule has 0 saturated heterocycles. The Labute approximate surface area is 125 Å². The van der Waals surface area contributed by atoms with E-state index in [0.717, 1.165) is 16.0 Å². The predicted molar refractivity (Wildman–Crippen MR) is 79.0 cm³/mol. The van der Waals surface area contributed by atoms with Crippen molar-refractivity contribution in [1.82, 2.24) is 4.98 Å². The van der Waals surface area contributed by atoms with Gasteiger partial charge in [0.25, 0.3) is 0 Å². The molecule has 112 valence electrons. The van der Waals surface area contributed by atoms with Gasteiger partial charge in [0.1, 0.15) is 5.01 Å². The summed E-state index contributed by atoms with van der Waals surface area (Å²) in [4.78, 5) is 16.2. The molecule has 0 saturated carbocycles. The lowest BCUT2D eigenvalue weighted by atomic mass is 10.2. The zero-order valence-corrected chi connectivity index (χ0v) is 12.7. The summed E-state index contributed by atoms with van der Waals surface area (Å²) in [6.45, 7) is 2.28. The quantitative estimate of drug-likeness (QED) is 0.763. The highest BCUT2D eigenvalue weighted by Gasteiger charge is 2.16. The number of sulfonamides is 1. The highest BCUT2D eigenvalue weighted by atomic mass is 32.2. The molecule has 0 unspecified atom stereocenters. The van der Waals surface area contributed by atoms with Gasteiger partial charge in [-0.1, -0.05) is 0 Å². The zero-order chi connectivity index (χ0) is 15.6. The van der Waals surface area contributed by atoms with Crippen LogP contribution in [0.4, 0.5) is 5.69 Å². The molecule has 2 rings (SSSR count). The van der Waals surface area contributed by atoms with Crippen molar-refractivity contribution in [1.29, 1.82) is 0 Å². The number of anilines is 1. The molecule has 4 N–H and O–H groups in total. The third kappa shape index (κ3) is 3.78. The van der Waals surface area contributed by atoms with Crippen LogP contribution in [0.15, 0.2) is 29.3 Å². The van der Waals surface area contributed by atoms with Gasteiger partial charge in [-0.15, -0.1) is 11.3 Å². The summed E-state index contributed by atoms with van der Waals surface area (Å²) in [5, 5.41) is 17.9. The second-order valence-electron chi connectivity index (χ2n) is 4.28. The SMILES string of the molecule is Cc1cnc(CNc2ccc(S(N)(=O)=O)cc2C(=O)O)s1. The smallest absolute Gasteiger partial charge is 0.337 e. The van der Waals surface area contributed by atoms with Crippen molar-refractivity contribution in [3.05, 3.63) is 39.8 Å². The van der Waals surface area contributed by atoms with Gasteiger partial charge in [0.05, 0.1) is 17.0 Å². The fraction of sp³-hybridized carbons (Fsp3) is 0.167. The maximum atomic E-state index is 11.3. The van der Waals surface area contributed by atoms with Crippen LogP contribution in [0.5, 0.6) is 0 Å². The molecule has 1 heterocycles. The molecule has 7 nitrogen and oxygen atoms in total. The van der Waals surface area contributed by atoms with Crippen LogP contribution in [-0.4, -0.2) is 24.5 Å². The lowest BCUT2D eigenvalue weighted by molar-refractivity contribution is 0.0697. The third-order valence-electron chi connectivity index (χ3n) is 2.65. The van der Waals surface area contributed by atoms with Gasteiger partial charge >= 0.3 is 5.97 Å². The number of carboxylic acids is 1. The first-order valence-corrected chi connectivity index (χ1v) is 8.19. The number of aromatic nitrogens is 1. The zero-order valence-electron chi connectivity index (χ0n) is 11.0. The van der Waals surface area contributed by atoms with Crippen LogP contribution >= 0.6 is 11.3 Å². The van der Waals surface area contributed by atoms with E-state index in [1.54, 1.807) is 6.20 Å². The van der Waals surface area contributed by atoms with Crippen LogP contribution in [0, 0.1) is 6.92 Å². The molecule has 0 aliphatic rings. The Kier molecular flexibility index (Phi) is 4.26. The van der Waals surface area contributed by atoms with E-state index in [9.17, 15) is 13.2 Å². The second kappa shape index (κ2) is 5.80. The van der Waals surface area contributed by atoms with E-state index < -0.39 is 16.0 Å². The monoisotopic (exact) mass is 327 g/mol. The Balaban J connectivity index is 2.28. The first-order chi connectivity index (χ1) is 9.77. The summed E-state index contributed by atoms with van der Waals surface area (Å²) in [6.07, 6.45) is 1.73. The lowest BCUT2D eigenvalue weighted by Crippen LogP contribution is -2.14. The van der Waals surface area contributed by atoms with Gasteiger partial charge in [-0.25, -0.2) is 23.3 Å². The lowest BCUT2D eigenvalue weighted by Gasteiger charge is -2.09. The van der Waals surface area contributed by atoms with Crippen LogP contribution in [0.1, 0.15) is 20.2 Å². The van der Waals surface area contributed by atoms with E-state index in [1.807, 2.05) is 6.92 Å². The highest BCUT2D eigenvalue weighted by Crippen LogP contribution is 2.21. The maximum absolute atomic E-state index is 11.3. The molecule has 1 aromatic heterocycles. The highest BCUT2D eigenvalue weighted by molar-refractivity contribution is 7.89. The normalized spacial score (nSPS) is 11.3. The molecule has 21 heavy (non-hydrogen) atoms. The minimum atomic E-state index is -3.94. The third-order valence-corrected chi connectivity index (χ3v) is 4.47. The van der Waals surface area contributed by atoms with Gasteiger partial charge in [-0.05, 0) is 25.1 Å². The molecule has 0 fully saturated rings. The Hall–Kier alpha value is -1.97. The standard InChI is InChI=1S/C12H13N3O4S2/c1-7-5-15-11(20-7)6-14-10-3-2-8(21(13,18)19)4-9(10)12(16)17/h2-5,14H,6H2,1H3,(H,16,17)(H2,13,18,19). The largest absolute Gasteiger partial charge is 0.478 e. The molecule has 0 aliphatic carbocycles. The van der Waals surface area contributed by atoms with Crippen LogP contribution in [-0.2, 0) is 16.6 Å². The fourth-order valence-corrected chi connectivity index (χ4v) is 2.95. The van der Waals surface area contributed by atoms with Gasteiger partial charge in [0, 0.05) is 16.8 Å². The second-order valence-corrected chi connectivity index (χ2v) is 7.16. The maximum Gasteiger partial charge on any atom is 0.337 e. The summed E-state index contributed by atoms with van der Waals surface area (Å²) in [7, 11) is -3.94. The Bertz CT molecular complexity index is 784. The number of hydrogen-bond acceptors (Lipinski definition) is 6. The number of benzene rings is 1. The van der Waals surface area contributed by atoms with Crippen molar-refractivity contribution < 1.29 is 18.3 Å². The van der Waals surface area contributed by atoms with Gasteiger partial charge < -0.3 is 10.4 Å². The minimum Gasteiger partial charge on any atom is -0.478 e. The number of hydrogen-bond donors (Lipinski definition) is 3. The van der Waals surface area contributed by atoms with Crippen LogP contribution in [0.2, 0.25) is 0 Å². The number of nitrogens with one attached hydrogen (secondary N) is 1. The molecule has 0 bridgehead atoms. The minimum absolute atomic E-state index is 0.158. The number of nitrogens with two attached hydrogens (primary N) is 1. The molecule has 2 aromatic rings. The number of aryl methyl sites for hydroxylation is 1. The molecule has 0 spiro atoms. The van der Waals surface area contributed by atoms with E-state index in [2.05, 4.69) is 10.3 Å². The summed E-state index contributed by atoms with van der Waals surface area (Å²) < 4.78 is 22.5. The van der Waals surface area contributed by atoms with Crippen molar-refractivity contribution in [3.63, 3.8) is 0 Å². The molecule has 0 aliphatic heterocycles. The first kappa shape index (κ1) is 15.4. The number of primary sulfonamides is 1. The number of thiazole rings is 1. The van der Waals surface area contributed by atoms with Crippen molar-refractivity contribution >= 4 is 33.0 Å². The van der Waals surface area contributed by atoms with Gasteiger partial charge in [-0.2, -0.15) is 0 Å². The van der Waals surface area contributed by atoms with Crippen LogP contribution < -0.4 is 10.5 Å². The van der Waals surface area contributed by atoms with Crippen molar-refractivity contribution in [3.8, 4) is 0 Å². The Morgan fingerprint density at radius 1 is 1.48 bits per heavy atom. The van der Waals surface area contributed by atoms with Gasteiger partial charge in [0.15, 0.2) is 0 Å². The fourth-order valence-electron chi connectivity index (χ4n) is 1.69. The summed E-state index contributed by atoms with van der Waals surface area (Å²) in [5.41, 5.74) is 0.151. The molecule has 0 radical (unpaired) electrons. The molecular formula is C12H13N3O4S2. The average molecular weight is 327 g/mol. The van der Waals surface area contributed by atoms with E-state index >= 15 is 0 Å². The number of rotatable bonds is 5. The van der Waals surface area contributed by atoms with Gasteiger partial charge in [-0.3, -0.25) is 0 Å². The van der Waals surface area contributed by atoms with Gasteiger partial charge in [0.2, 0.25) is 10.0 Å². The Morgan fingerprint density at radius 2 is 2.19 bits per heavy atom. The van der Waals surface area contributed by atoms with E-state index in [-0.39, 0.29) is 10.5 Å². The summed E-state index contributed by atoms with van der Waals surface area (Å²) >= 11 is 1.49. The molecule has 1 aromatic carbocycles. The molecule has 0 atom stereocenters. The number of nitrogens with zero attached hydrogens (tertiary/aromatic N) is 1. The Morgan fingerprint density at radius 3 is 2.71 bits per heavy atom. The van der Waals surface area contributed by atoms with E-state index in [4.69, 9.17) is 10.2 Å². The molecular weight excluding hydrogens is 314 g/mol. The van der Waals surface area contributed by atoms with E-state index in [1.165, 1.54) is 23.5 Å².